The molecule has 1 aliphatic carbocycles. The molecule has 0 amide bonds. The van der Waals surface area contributed by atoms with Crippen LogP contribution in [-0.4, -0.2) is 5.54 Å². The highest BCUT2D eigenvalue weighted by atomic mass is 32.1. The van der Waals surface area contributed by atoms with Gasteiger partial charge in [0.05, 0.1) is 0 Å². The lowest BCUT2D eigenvalue weighted by atomic mass is 9.70. The first-order chi connectivity index (χ1) is 8.00. The summed E-state index contributed by atoms with van der Waals surface area (Å²) in [6.45, 7) is 6.92. The molecule has 2 unspecified atom stereocenters. The van der Waals surface area contributed by atoms with Gasteiger partial charge in [0.25, 0.3) is 0 Å². The van der Waals surface area contributed by atoms with Crippen LogP contribution in [0.1, 0.15) is 49.8 Å². The van der Waals surface area contributed by atoms with Gasteiger partial charge in [0.2, 0.25) is 0 Å². The number of nitrogens with two attached hydrogens (primary N) is 1. The Hall–Kier alpha value is -0.340. The lowest BCUT2D eigenvalue weighted by Crippen LogP contribution is -2.47. The highest BCUT2D eigenvalue weighted by molar-refractivity contribution is 7.12. The second-order valence-corrected chi connectivity index (χ2v) is 7.37. The summed E-state index contributed by atoms with van der Waals surface area (Å²) in [5, 5.41) is 0. The zero-order valence-corrected chi connectivity index (χ0v) is 12.1. The second-order valence-electron chi connectivity index (χ2n) is 6.12. The van der Waals surface area contributed by atoms with Crippen molar-refractivity contribution in [2.24, 2.45) is 17.6 Å². The lowest BCUT2D eigenvalue weighted by molar-refractivity contribution is 0.183. The number of hydrogen-bond acceptors (Lipinski definition) is 2. The lowest BCUT2D eigenvalue weighted by Gasteiger charge is -2.40. The Labute approximate surface area is 109 Å². The minimum atomic E-state index is 0.0486. The summed E-state index contributed by atoms with van der Waals surface area (Å²) >= 11 is 1.95. The molecular weight excluding hydrogens is 226 g/mol. The van der Waals surface area contributed by atoms with Crippen molar-refractivity contribution >= 4 is 11.3 Å². The molecule has 17 heavy (non-hydrogen) atoms. The van der Waals surface area contributed by atoms with Crippen LogP contribution in [0.3, 0.4) is 0 Å². The Kier molecular flexibility index (Phi) is 3.94. The van der Waals surface area contributed by atoms with Crippen molar-refractivity contribution in [1.29, 1.82) is 0 Å². The van der Waals surface area contributed by atoms with Gasteiger partial charge in [-0.1, -0.05) is 20.8 Å². The van der Waals surface area contributed by atoms with Crippen LogP contribution < -0.4 is 5.73 Å². The zero-order valence-electron chi connectivity index (χ0n) is 11.3. The van der Waals surface area contributed by atoms with Gasteiger partial charge in [0.15, 0.2) is 0 Å². The van der Waals surface area contributed by atoms with E-state index in [-0.39, 0.29) is 5.54 Å². The van der Waals surface area contributed by atoms with Gasteiger partial charge in [-0.05, 0) is 56.1 Å². The van der Waals surface area contributed by atoms with E-state index in [4.69, 9.17) is 5.73 Å². The van der Waals surface area contributed by atoms with Crippen LogP contribution in [0.25, 0.3) is 0 Å². The summed E-state index contributed by atoms with van der Waals surface area (Å²) in [5.41, 5.74) is 6.68. The summed E-state index contributed by atoms with van der Waals surface area (Å²) < 4.78 is 0. The molecule has 1 saturated carbocycles. The van der Waals surface area contributed by atoms with Crippen molar-refractivity contribution in [1.82, 2.24) is 0 Å². The maximum Gasteiger partial charge on any atom is 0.0208 e. The monoisotopic (exact) mass is 251 g/mol. The van der Waals surface area contributed by atoms with Crippen molar-refractivity contribution in [3.63, 3.8) is 0 Å². The average Bonchev–Trinajstić information content (AvgIpc) is 2.62. The molecule has 2 heteroatoms. The van der Waals surface area contributed by atoms with Gasteiger partial charge in [-0.2, -0.15) is 0 Å². The number of aryl methyl sites for hydroxylation is 1. The SMILES string of the molecule is CCc1ccc(CC2(N)CC(C)CC(C)C2)s1. The Morgan fingerprint density at radius 2 is 1.82 bits per heavy atom. The molecule has 2 rings (SSSR count). The molecule has 1 aliphatic rings. The van der Waals surface area contributed by atoms with E-state index in [9.17, 15) is 0 Å². The van der Waals surface area contributed by atoms with E-state index in [1.165, 1.54) is 29.0 Å². The molecule has 1 aromatic heterocycles. The molecule has 2 N–H and O–H groups in total. The van der Waals surface area contributed by atoms with Crippen LogP contribution in [0.15, 0.2) is 12.1 Å². The molecule has 0 saturated heterocycles. The molecule has 0 aromatic carbocycles. The zero-order chi connectivity index (χ0) is 12.5. The Bertz CT molecular complexity index is 359. The average molecular weight is 251 g/mol. The van der Waals surface area contributed by atoms with Crippen molar-refractivity contribution in [3.8, 4) is 0 Å². The quantitative estimate of drug-likeness (QED) is 0.863. The molecule has 0 spiro atoms. The second kappa shape index (κ2) is 5.11. The maximum absolute atomic E-state index is 6.63. The number of hydrogen-bond donors (Lipinski definition) is 1. The van der Waals surface area contributed by atoms with Gasteiger partial charge in [0, 0.05) is 15.3 Å². The highest BCUT2D eigenvalue weighted by Crippen LogP contribution is 2.37. The van der Waals surface area contributed by atoms with E-state index >= 15 is 0 Å². The van der Waals surface area contributed by atoms with Gasteiger partial charge in [-0.3, -0.25) is 0 Å². The normalized spacial score (nSPS) is 33.9. The molecule has 96 valence electrons. The van der Waals surface area contributed by atoms with Crippen molar-refractivity contribution in [3.05, 3.63) is 21.9 Å². The van der Waals surface area contributed by atoms with E-state index < -0.39 is 0 Å². The van der Waals surface area contributed by atoms with Crippen LogP contribution in [0, 0.1) is 11.8 Å². The topological polar surface area (TPSA) is 26.0 Å². The molecule has 1 heterocycles. The summed E-state index contributed by atoms with van der Waals surface area (Å²) in [5.74, 6) is 1.57. The third-order valence-corrected chi connectivity index (χ3v) is 5.14. The summed E-state index contributed by atoms with van der Waals surface area (Å²) in [6.07, 6.45) is 5.96. The molecule has 1 nitrogen and oxygen atoms in total. The van der Waals surface area contributed by atoms with Gasteiger partial charge >= 0.3 is 0 Å². The largest absolute Gasteiger partial charge is 0.325 e. The minimum Gasteiger partial charge on any atom is -0.325 e. The highest BCUT2D eigenvalue weighted by Gasteiger charge is 2.34. The van der Waals surface area contributed by atoms with Crippen molar-refractivity contribution in [2.75, 3.05) is 0 Å². The van der Waals surface area contributed by atoms with Gasteiger partial charge < -0.3 is 5.73 Å². The maximum atomic E-state index is 6.63. The van der Waals surface area contributed by atoms with Crippen LogP contribution in [0.2, 0.25) is 0 Å². The molecule has 0 aliphatic heterocycles. The molecule has 0 radical (unpaired) electrons. The summed E-state index contributed by atoms with van der Waals surface area (Å²) in [7, 11) is 0. The van der Waals surface area contributed by atoms with Crippen LogP contribution in [-0.2, 0) is 12.8 Å². The van der Waals surface area contributed by atoms with Crippen LogP contribution in [0.4, 0.5) is 0 Å². The van der Waals surface area contributed by atoms with Crippen molar-refractivity contribution in [2.45, 2.75) is 58.4 Å². The van der Waals surface area contributed by atoms with Crippen molar-refractivity contribution < 1.29 is 0 Å². The van der Waals surface area contributed by atoms with Gasteiger partial charge in [0.1, 0.15) is 0 Å². The van der Waals surface area contributed by atoms with E-state index in [1.807, 2.05) is 11.3 Å². The first kappa shape index (κ1) is 13.1. The minimum absolute atomic E-state index is 0.0486. The first-order valence-corrected chi connectivity index (χ1v) is 7.69. The Morgan fingerprint density at radius 3 is 2.35 bits per heavy atom. The van der Waals surface area contributed by atoms with Gasteiger partial charge in [-0.15, -0.1) is 11.3 Å². The predicted molar refractivity (Wildman–Crippen MR) is 76.5 cm³/mol. The first-order valence-electron chi connectivity index (χ1n) is 6.87. The summed E-state index contributed by atoms with van der Waals surface area (Å²) in [4.78, 5) is 2.96. The van der Waals surface area contributed by atoms with Crippen LogP contribution in [0.5, 0.6) is 0 Å². The third-order valence-electron chi connectivity index (χ3n) is 3.91. The standard InChI is InChI=1S/C15H25NS/c1-4-13-5-6-14(17-13)10-15(16)8-11(2)7-12(3)9-15/h5-6,11-12H,4,7-10,16H2,1-3H3. The Morgan fingerprint density at radius 1 is 1.24 bits per heavy atom. The molecule has 1 aromatic rings. The number of rotatable bonds is 3. The molecule has 2 atom stereocenters. The van der Waals surface area contributed by atoms with Gasteiger partial charge in [-0.25, -0.2) is 0 Å². The fourth-order valence-corrected chi connectivity index (χ4v) is 4.64. The van der Waals surface area contributed by atoms with E-state index in [2.05, 4.69) is 32.9 Å². The fourth-order valence-electron chi connectivity index (χ4n) is 3.52. The predicted octanol–water partition coefficient (Wildman–Crippen LogP) is 4.01. The summed E-state index contributed by atoms with van der Waals surface area (Å²) in [6, 6.07) is 4.54. The van der Waals surface area contributed by atoms with E-state index in [0.717, 1.165) is 24.7 Å². The molecule has 1 fully saturated rings. The van der Waals surface area contributed by atoms with Crippen LogP contribution >= 0.6 is 11.3 Å². The fraction of sp³-hybridized carbons (Fsp3) is 0.733. The molecule has 0 bridgehead atoms. The third kappa shape index (κ3) is 3.32. The van der Waals surface area contributed by atoms with E-state index in [0.29, 0.717) is 0 Å². The Balaban J connectivity index is 2.05. The number of thiophene rings is 1. The van der Waals surface area contributed by atoms with E-state index in [1.54, 1.807) is 0 Å². The molecular formula is C15H25NS. The smallest absolute Gasteiger partial charge is 0.0208 e.